The summed E-state index contributed by atoms with van der Waals surface area (Å²) in [4.78, 5) is 14.5. The van der Waals surface area contributed by atoms with Crippen LogP contribution in [0.1, 0.15) is 40.2 Å². The average Bonchev–Trinajstić information content (AvgIpc) is 2.66. The van der Waals surface area contributed by atoms with Gasteiger partial charge in [0.1, 0.15) is 0 Å². The largest absolute Gasteiger partial charge is 0.326 e. The molecule has 1 unspecified atom stereocenters. The first-order valence-corrected chi connectivity index (χ1v) is 5.93. The topological polar surface area (TPSA) is 37.8 Å². The molecule has 2 rings (SSSR count). The number of nitrogens with one attached hydrogen (secondary N) is 1. The minimum Gasteiger partial charge on any atom is -0.306 e. The van der Waals surface area contributed by atoms with Crippen molar-refractivity contribution >= 4 is 11.0 Å². The van der Waals surface area contributed by atoms with Gasteiger partial charge in [0.2, 0.25) is 0 Å². The molecule has 88 valence electrons. The van der Waals surface area contributed by atoms with Gasteiger partial charge >= 0.3 is 5.69 Å². The Bertz CT molecular complexity index is 496. The van der Waals surface area contributed by atoms with Crippen LogP contribution in [0.3, 0.4) is 0 Å². The minimum absolute atomic E-state index is 0.0134. The molecular weight excluding hydrogens is 200 g/mol. The van der Waals surface area contributed by atoms with Crippen molar-refractivity contribution in [2.75, 3.05) is 0 Å². The summed E-state index contributed by atoms with van der Waals surface area (Å²) in [7, 11) is 0. The highest BCUT2D eigenvalue weighted by molar-refractivity contribution is 5.75. The molecular formula is C13H20N2O. The van der Waals surface area contributed by atoms with Gasteiger partial charge in [0, 0.05) is 6.04 Å². The fourth-order valence-corrected chi connectivity index (χ4v) is 1.69. The monoisotopic (exact) mass is 220 g/mol. The van der Waals surface area contributed by atoms with Crippen molar-refractivity contribution in [1.29, 1.82) is 0 Å². The minimum atomic E-state index is -0.0134. The molecule has 0 aliphatic carbocycles. The molecule has 16 heavy (non-hydrogen) atoms. The van der Waals surface area contributed by atoms with E-state index in [0.717, 1.165) is 17.5 Å². The number of para-hydroxylation sites is 2. The molecule has 0 aliphatic rings. The number of nitrogens with zero attached hydrogens (tertiary/aromatic N) is 1. The summed E-state index contributed by atoms with van der Waals surface area (Å²) in [5, 5.41) is 0. The van der Waals surface area contributed by atoms with Crippen molar-refractivity contribution in [1.82, 2.24) is 9.55 Å². The van der Waals surface area contributed by atoms with E-state index in [-0.39, 0.29) is 11.7 Å². The zero-order valence-electron chi connectivity index (χ0n) is 10.4. The number of benzene rings is 1. The van der Waals surface area contributed by atoms with E-state index in [4.69, 9.17) is 0 Å². The highest BCUT2D eigenvalue weighted by Gasteiger charge is 2.09. The number of hydrogen-bond donors (Lipinski definition) is 1. The van der Waals surface area contributed by atoms with E-state index in [1.54, 1.807) is 0 Å². The molecule has 0 amide bonds. The first-order chi connectivity index (χ1) is 7.74. The summed E-state index contributed by atoms with van der Waals surface area (Å²) in [6.07, 6.45) is 0.960. The molecule has 0 bridgehead atoms. The second kappa shape index (κ2) is 5.54. The van der Waals surface area contributed by atoms with Crippen LogP contribution in [-0.2, 0) is 0 Å². The van der Waals surface area contributed by atoms with Crippen LogP contribution in [0.15, 0.2) is 29.1 Å². The van der Waals surface area contributed by atoms with Gasteiger partial charge in [-0.1, -0.05) is 32.9 Å². The first kappa shape index (κ1) is 12.6. The Kier molecular flexibility index (Phi) is 4.35. The molecule has 0 saturated carbocycles. The molecule has 1 aromatic carbocycles. The summed E-state index contributed by atoms with van der Waals surface area (Å²) < 4.78 is 1.81. The van der Waals surface area contributed by atoms with E-state index >= 15 is 0 Å². The van der Waals surface area contributed by atoms with E-state index in [9.17, 15) is 4.79 Å². The van der Waals surface area contributed by atoms with Gasteiger partial charge in [-0.15, -0.1) is 0 Å². The van der Waals surface area contributed by atoms with Crippen molar-refractivity contribution < 1.29 is 0 Å². The third-order valence-corrected chi connectivity index (χ3v) is 2.66. The van der Waals surface area contributed by atoms with Gasteiger partial charge in [0.15, 0.2) is 0 Å². The Hall–Kier alpha value is -1.51. The number of H-pyrrole nitrogens is 1. The van der Waals surface area contributed by atoms with Gasteiger partial charge in [-0.2, -0.15) is 0 Å². The molecule has 1 heterocycles. The van der Waals surface area contributed by atoms with Crippen LogP contribution >= 0.6 is 0 Å². The standard InChI is InChI=1S/C11H14N2O.C2H6/c1-3-8(2)13-10-7-5-4-6-9(10)12-11(13)14;1-2/h4-8H,3H2,1-2H3,(H,12,14);1-2H3. The number of aromatic nitrogens is 2. The Balaban J connectivity index is 0.000000606. The Morgan fingerprint density at radius 3 is 2.56 bits per heavy atom. The lowest BCUT2D eigenvalue weighted by Crippen LogP contribution is -2.19. The van der Waals surface area contributed by atoms with E-state index in [0.29, 0.717) is 0 Å². The van der Waals surface area contributed by atoms with Crippen molar-refractivity contribution in [3.63, 3.8) is 0 Å². The maximum absolute atomic E-state index is 11.6. The van der Waals surface area contributed by atoms with Crippen LogP contribution in [0, 0.1) is 0 Å². The second-order valence-corrected chi connectivity index (χ2v) is 3.57. The molecule has 0 fully saturated rings. The number of aromatic amines is 1. The molecule has 0 aliphatic heterocycles. The van der Waals surface area contributed by atoms with Gasteiger partial charge in [0.25, 0.3) is 0 Å². The molecule has 0 spiro atoms. The van der Waals surface area contributed by atoms with Crippen LogP contribution in [0.2, 0.25) is 0 Å². The van der Waals surface area contributed by atoms with Crippen LogP contribution < -0.4 is 5.69 Å². The van der Waals surface area contributed by atoms with Crippen LogP contribution in [-0.4, -0.2) is 9.55 Å². The third kappa shape index (κ3) is 2.18. The smallest absolute Gasteiger partial charge is 0.306 e. The maximum Gasteiger partial charge on any atom is 0.326 e. The average molecular weight is 220 g/mol. The zero-order chi connectivity index (χ0) is 12.1. The van der Waals surface area contributed by atoms with Crippen molar-refractivity contribution in [3.8, 4) is 0 Å². The lowest BCUT2D eigenvalue weighted by molar-refractivity contribution is 0.530. The van der Waals surface area contributed by atoms with Gasteiger partial charge in [-0.05, 0) is 25.5 Å². The summed E-state index contributed by atoms with van der Waals surface area (Å²) in [5.74, 6) is 0. The second-order valence-electron chi connectivity index (χ2n) is 3.57. The lowest BCUT2D eigenvalue weighted by atomic mass is 10.2. The predicted molar refractivity (Wildman–Crippen MR) is 68.9 cm³/mol. The molecule has 2 aromatic rings. The van der Waals surface area contributed by atoms with Crippen LogP contribution in [0.25, 0.3) is 11.0 Å². The Labute approximate surface area is 96.1 Å². The summed E-state index contributed by atoms with van der Waals surface area (Å²) in [6.45, 7) is 8.14. The number of rotatable bonds is 2. The van der Waals surface area contributed by atoms with E-state index < -0.39 is 0 Å². The van der Waals surface area contributed by atoms with Gasteiger partial charge in [0.05, 0.1) is 11.0 Å². The number of fused-ring (bicyclic) bond motifs is 1. The highest BCUT2D eigenvalue weighted by atomic mass is 16.1. The third-order valence-electron chi connectivity index (χ3n) is 2.66. The predicted octanol–water partition coefficient (Wildman–Crippen LogP) is 3.33. The van der Waals surface area contributed by atoms with E-state index in [1.165, 1.54) is 0 Å². The molecule has 3 nitrogen and oxygen atoms in total. The molecule has 0 radical (unpaired) electrons. The van der Waals surface area contributed by atoms with Crippen LogP contribution in [0.4, 0.5) is 0 Å². The van der Waals surface area contributed by atoms with Crippen molar-refractivity contribution in [3.05, 3.63) is 34.7 Å². The molecule has 1 aromatic heterocycles. The molecule has 1 N–H and O–H groups in total. The summed E-state index contributed by atoms with van der Waals surface area (Å²) in [6, 6.07) is 8.03. The van der Waals surface area contributed by atoms with Crippen molar-refractivity contribution in [2.24, 2.45) is 0 Å². The molecule has 0 saturated heterocycles. The molecule has 1 atom stereocenters. The normalized spacial score (nSPS) is 12.0. The van der Waals surface area contributed by atoms with Gasteiger partial charge < -0.3 is 4.98 Å². The van der Waals surface area contributed by atoms with Crippen LogP contribution in [0.5, 0.6) is 0 Å². The van der Waals surface area contributed by atoms with Gasteiger partial charge in [-0.25, -0.2) is 4.79 Å². The fourth-order valence-electron chi connectivity index (χ4n) is 1.69. The fraction of sp³-hybridized carbons (Fsp3) is 0.462. The first-order valence-electron chi connectivity index (χ1n) is 5.93. The van der Waals surface area contributed by atoms with Gasteiger partial charge in [-0.3, -0.25) is 4.57 Å². The van der Waals surface area contributed by atoms with Crippen molar-refractivity contribution in [2.45, 2.75) is 40.2 Å². The maximum atomic E-state index is 11.6. The Morgan fingerprint density at radius 2 is 1.94 bits per heavy atom. The zero-order valence-corrected chi connectivity index (χ0v) is 10.4. The van der Waals surface area contributed by atoms with E-state index in [2.05, 4.69) is 18.8 Å². The Morgan fingerprint density at radius 1 is 1.31 bits per heavy atom. The SMILES string of the molecule is CC.CCC(C)n1c(=O)[nH]c2ccccc21. The summed E-state index contributed by atoms with van der Waals surface area (Å²) in [5.41, 5.74) is 1.89. The molecule has 3 heteroatoms. The quantitative estimate of drug-likeness (QED) is 0.828. The summed E-state index contributed by atoms with van der Waals surface area (Å²) >= 11 is 0. The number of hydrogen-bond acceptors (Lipinski definition) is 1. The highest BCUT2D eigenvalue weighted by Crippen LogP contribution is 2.15. The lowest BCUT2D eigenvalue weighted by Gasteiger charge is -2.09. The van der Waals surface area contributed by atoms with E-state index in [1.807, 2.05) is 42.7 Å². The number of imidazole rings is 1.